The Hall–Kier alpha value is -3.72. The van der Waals surface area contributed by atoms with Crippen LogP contribution < -0.4 is 10.0 Å². The van der Waals surface area contributed by atoms with Gasteiger partial charge in [0, 0.05) is 24.3 Å². The molecule has 7 nitrogen and oxygen atoms in total. The van der Waals surface area contributed by atoms with Gasteiger partial charge in [-0.1, -0.05) is 36.4 Å². The number of benzene rings is 3. The molecule has 2 amide bonds. The number of rotatable bonds is 9. The number of likely N-dealkylation sites (N-methyl/N-ethyl adjacent to an activating group) is 1. The summed E-state index contributed by atoms with van der Waals surface area (Å²) in [6.45, 7) is 2.54. The molecule has 0 aliphatic carbocycles. The van der Waals surface area contributed by atoms with Gasteiger partial charge in [-0.15, -0.1) is 0 Å². The largest absolute Gasteiger partial charge is 0.343 e. The first kappa shape index (κ1) is 23.9. The highest BCUT2D eigenvalue weighted by atomic mass is 32.2. The number of nitrogens with one attached hydrogen (secondary N) is 2. The lowest BCUT2D eigenvalue weighted by atomic mass is 10.2. The molecule has 172 valence electrons. The smallest absolute Gasteiger partial charge is 0.261 e. The van der Waals surface area contributed by atoms with Crippen molar-refractivity contribution in [3.05, 3.63) is 95.8 Å². The summed E-state index contributed by atoms with van der Waals surface area (Å²) in [5, 5.41) is 2.55. The van der Waals surface area contributed by atoms with E-state index in [-0.39, 0.29) is 28.6 Å². The van der Waals surface area contributed by atoms with E-state index in [1.165, 1.54) is 36.4 Å². The number of halogens is 1. The van der Waals surface area contributed by atoms with Gasteiger partial charge in [-0.3, -0.25) is 14.3 Å². The van der Waals surface area contributed by atoms with Crippen LogP contribution >= 0.6 is 0 Å². The molecule has 0 aromatic heterocycles. The van der Waals surface area contributed by atoms with E-state index in [4.69, 9.17) is 0 Å². The molecule has 0 fully saturated rings. The first-order valence-electron chi connectivity index (χ1n) is 10.3. The van der Waals surface area contributed by atoms with Crippen LogP contribution in [0.25, 0.3) is 0 Å². The summed E-state index contributed by atoms with van der Waals surface area (Å²) in [7, 11) is -3.99. The summed E-state index contributed by atoms with van der Waals surface area (Å²) in [6.07, 6.45) is 0. The number of carbonyl (C=O) groups excluding carboxylic acids is 2. The first-order chi connectivity index (χ1) is 15.8. The average Bonchev–Trinajstić information content (AvgIpc) is 2.83. The second kappa shape index (κ2) is 10.7. The Morgan fingerprint density at radius 1 is 0.939 bits per heavy atom. The lowest BCUT2D eigenvalue weighted by Gasteiger charge is -2.21. The molecule has 0 unspecified atom stereocenters. The highest BCUT2D eigenvalue weighted by molar-refractivity contribution is 7.92. The van der Waals surface area contributed by atoms with E-state index in [1.54, 1.807) is 4.90 Å². The third-order valence-electron chi connectivity index (χ3n) is 4.85. The molecule has 3 rings (SSSR count). The van der Waals surface area contributed by atoms with E-state index in [2.05, 4.69) is 10.0 Å². The van der Waals surface area contributed by atoms with Gasteiger partial charge >= 0.3 is 0 Å². The van der Waals surface area contributed by atoms with Crippen LogP contribution in [0.2, 0.25) is 0 Å². The Morgan fingerprint density at radius 2 is 1.64 bits per heavy atom. The Balaban J connectivity index is 1.64. The van der Waals surface area contributed by atoms with Gasteiger partial charge in [-0.05, 0) is 55.0 Å². The molecule has 0 heterocycles. The molecule has 3 aromatic rings. The van der Waals surface area contributed by atoms with E-state index in [0.717, 1.165) is 17.7 Å². The Bertz CT molecular complexity index is 1220. The highest BCUT2D eigenvalue weighted by Crippen LogP contribution is 2.17. The van der Waals surface area contributed by atoms with Crippen LogP contribution in [0.3, 0.4) is 0 Å². The topological polar surface area (TPSA) is 95.6 Å². The number of amides is 2. The maximum Gasteiger partial charge on any atom is 0.261 e. The average molecular weight is 470 g/mol. The van der Waals surface area contributed by atoms with Crippen molar-refractivity contribution in [3.8, 4) is 0 Å². The summed E-state index contributed by atoms with van der Waals surface area (Å²) >= 11 is 0. The molecule has 0 bridgehead atoms. The van der Waals surface area contributed by atoms with Crippen molar-refractivity contribution in [1.82, 2.24) is 10.2 Å². The lowest BCUT2D eigenvalue weighted by Crippen LogP contribution is -2.39. The van der Waals surface area contributed by atoms with Gasteiger partial charge in [0.2, 0.25) is 5.91 Å². The standard InChI is InChI=1S/C24H24FN3O4S/c1-2-28(17-18-7-4-3-5-8-18)23(29)16-26-24(30)19-9-6-10-22(15-19)33(31,32)27-21-13-11-20(25)12-14-21/h3-15,27H,2,16-17H2,1H3,(H,26,30). The van der Waals surface area contributed by atoms with Crippen molar-refractivity contribution in [3.63, 3.8) is 0 Å². The Kier molecular flexibility index (Phi) is 7.78. The molecule has 0 saturated heterocycles. The molecule has 0 radical (unpaired) electrons. The second-order valence-electron chi connectivity index (χ2n) is 7.22. The summed E-state index contributed by atoms with van der Waals surface area (Å²) in [6, 6.07) is 19.8. The molecule has 0 aliphatic rings. The molecular weight excluding hydrogens is 445 g/mol. The number of hydrogen-bond donors (Lipinski definition) is 2. The monoisotopic (exact) mass is 469 g/mol. The fourth-order valence-electron chi connectivity index (χ4n) is 3.09. The zero-order valence-electron chi connectivity index (χ0n) is 18.0. The van der Waals surface area contributed by atoms with E-state index < -0.39 is 21.7 Å². The lowest BCUT2D eigenvalue weighted by molar-refractivity contribution is -0.130. The molecule has 0 aliphatic heterocycles. The van der Waals surface area contributed by atoms with Crippen LogP contribution in [0.5, 0.6) is 0 Å². The minimum absolute atomic E-state index is 0.0934. The SMILES string of the molecule is CCN(Cc1ccccc1)C(=O)CNC(=O)c1cccc(S(=O)(=O)Nc2ccc(F)cc2)c1. The van der Waals surface area contributed by atoms with E-state index in [9.17, 15) is 22.4 Å². The van der Waals surface area contributed by atoms with E-state index in [0.29, 0.717) is 13.1 Å². The maximum atomic E-state index is 13.0. The molecule has 9 heteroatoms. The number of anilines is 1. The van der Waals surface area contributed by atoms with Crippen LogP contribution in [0, 0.1) is 5.82 Å². The van der Waals surface area contributed by atoms with E-state index >= 15 is 0 Å². The molecule has 33 heavy (non-hydrogen) atoms. The summed E-state index contributed by atoms with van der Waals surface area (Å²) in [5.41, 5.74) is 1.26. The predicted octanol–water partition coefficient (Wildman–Crippen LogP) is 3.41. The fraction of sp³-hybridized carbons (Fsp3) is 0.167. The summed E-state index contributed by atoms with van der Waals surface area (Å²) in [4.78, 5) is 26.6. The van der Waals surface area contributed by atoms with Crippen molar-refractivity contribution >= 4 is 27.5 Å². The van der Waals surface area contributed by atoms with Crippen LogP contribution in [-0.4, -0.2) is 38.2 Å². The third kappa shape index (κ3) is 6.63. The van der Waals surface area contributed by atoms with Crippen molar-refractivity contribution in [2.24, 2.45) is 0 Å². The van der Waals surface area contributed by atoms with Gasteiger partial charge in [0.15, 0.2) is 0 Å². The van der Waals surface area contributed by atoms with Gasteiger partial charge in [0.05, 0.1) is 11.4 Å². The Labute approximate surface area is 192 Å². The molecule has 2 N–H and O–H groups in total. The molecule has 3 aromatic carbocycles. The van der Waals surface area contributed by atoms with Crippen LogP contribution in [-0.2, 0) is 21.4 Å². The Morgan fingerprint density at radius 3 is 2.30 bits per heavy atom. The second-order valence-corrected chi connectivity index (χ2v) is 8.90. The van der Waals surface area contributed by atoms with Gasteiger partial charge in [-0.2, -0.15) is 0 Å². The quantitative estimate of drug-likeness (QED) is 0.502. The van der Waals surface area contributed by atoms with Crippen LogP contribution in [0.15, 0.2) is 83.8 Å². The molecular formula is C24H24FN3O4S. The van der Waals surface area contributed by atoms with E-state index in [1.807, 2.05) is 37.3 Å². The summed E-state index contributed by atoms with van der Waals surface area (Å²) in [5.74, 6) is -1.31. The van der Waals surface area contributed by atoms with Crippen molar-refractivity contribution in [2.45, 2.75) is 18.4 Å². The minimum atomic E-state index is -3.99. The molecule has 0 spiro atoms. The van der Waals surface area contributed by atoms with Gasteiger partial charge < -0.3 is 10.2 Å². The van der Waals surface area contributed by atoms with Crippen molar-refractivity contribution < 1.29 is 22.4 Å². The fourth-order valence-corrected chi connectivity index (χ4v) is 4.19. The van der Waals surface area contributed by atoms with Crippen LogP contribution in [0.4, 0.5) is 10.1 Å². The normalized spacial score (nSPS) is 11.0. The zero-order valence-corrected chi connectivity index (χ0v) is 18.8. The maximum absolute atomic E-state index is 13.0. The number of sulfonamides is 1. The van der Waals surface area contributed by atoms with Gasteiger partial charge in [-0.25, -0.2) is 12.8 Å². The van der Waals surface area contributed by atoms with Crippen LogP contribution in [0.1, 0.15) is 22.8 Å². The number of hydrogen-bond acceptors (Lipinski definition) is 4. The first-order valence-corrected chi connectivity index (χ1v) is 11.7. The minimum Gasteiger partial charge on any atom is -0.343 e. The predicted molar refractivity (Wildman–Crippen MR) is 124 cm³/mol. The molecule has 0 atom stereocenters. The van der Waals surface area contributed by atoms with Gasteiger partial charge in [0.25, 0.3) is 15.9 Å². The van der Waals surface area contributed by atoms with Crippen molar-refractivity contribution in [2.75, 3.05) is 17.8 Å². The zero-order chi connectivity index (χ0) is 23.8. The third-order valence-corrected chi connectivity index (χ3v) is 6.23. The van der Waals surface area contributed by atoms with Gasteiger partial charge in [0.1, 0.15) is 5.82 Å². The number of carbonyl (C=O) groups is 2. The van der Waals surface area contributed by atoms with Crippen molar-refractivity contribution in [1.29, 1.82) is 0 Å². The summed E-state index contributed by atoms with van der Waals surface area (Å²) < 4.78 is 40.6. The molecule has 0 saturated carbocycles. The highest BCUT2D eigenvalue weighted by Gasteiger charge is 2.18. The number of nitrogens with zero attached hydrogens (tertiary/aromatic N) is 1.